The largest absolute Gasteiger partial charge is 0.504 e. The summed E-state index contributed by atoms with van der Waals surface area (Å²) in [6.07, 6.45) is 1.69. The summed E-state index contributed by atoms with van der Waals surface area (Å²) in [5, 5.41) is 36.2. The van der Waals surface area contributed by atoms with Gasteiger partial charge in [-0.05, 0) is 81.3 Å². The molecule has 2 bridgehead atoms. The molecular formula is C36H37N3O6. The second-order valence-corrected chi connectivity index (χ2v) is 13.1. The van der Waals surface area contributed by atoms with Crippen molar-refractivity contribution in [2.45, 2.75) is 75.2 Å². The average Bonchev–Trinajstić information content (AvgIpc) is 3.37. The molecule has 1 spiro atoms. The summed E-state index contributed by atoms with van der Waals surface area (Å²) in [4.78, 5) is 29.2. The minimum atomic E-state index is -1.27. The highest BCUT2D eigenvalue weighted by Crippen LogP contribution is 2.67. The summed E-state index contributed by atoms with van der Waals surface area (Å²) in [5.74, 6) is 5.31. The van der Waals surface area contributed by atoms with Crippen LogP contribution >= 0.6 is 0 Å². The van der Waals surface area contributed by atoms with Crippen LogP contribution in [-0.2, 0) is 23.1 Å². The minimum Gasteiger partial charge on any atom is -0.504 e. The maximum Gasteiger partial charge on any atom is 0.298 e. The fourth-order valence-corrected chi connectivity index (χ4v) is 8.60. The first-order valence-electron chi connectivity index (χ1n) is 15.6. The van der Waals surface area contributed by atoms with Crippen LogP contribution in [0.1, 0.15) is 52.6 Å². The quantitative estimate of drug-likeness (QED) is 0.254. The van der Waals surface area contributed by atoms with Gasteiger partial charge in [-0.15, -0.1) is 0 Å². The Morgan fingerprint density at radius 1 is 1.16 bits per heavy atom. The van der Waals surface area contributed by atoms with Crippen molar-refractivity contribution in [1.29, 1.82) is 0 Å². The molecule has 0 unspecified atom stereocenters. The molecule has 0 aromatic heterocycles. The number of aryl methyl sites for hydroxylation is 2. The number of phenolic OH excluding ortho intramolecular Hbond substituents is 1. The highest BCUT2D eigenvalue weighted by molar-refractivity contribution is 5.94. The number of likely N-dealkylation sites (N-methyl/N-ethyl adjacent to an activating group) is 1. The van der Waals surface area contributed by atoms with Gasteiger partial charge in [0.25, 0.3) is 11.6 Å². The average molecular weight is 608 g/mol. The van der Waals surface area contributed by atoms with Gasteiger partial charge in [0, 0.05) is 42.2 Å². The molecule has 0 radical (unpaired) electrons. The van der Waals surface area contributed by atoms with Crippen molar-refractivity contribution >= 4 is 11.6 Å². The zero-order chi connectivity index (χ0) is 31.7. The molecule has 1 saturated carbocycles. The number of ether oxygens (including phenoxy) is 1. The lowest BCUT2D eigenvalue weighted by molar-refractivity contribution is -0.386. The van der Waals surface area contributed by atoms with Crippen molar-refractivity contribution < 1.29 is 24.7 Å². The van der Waals surface area contributed by atoms with Crippen LogP contribution in [0, 0.1) is 35.8 Å². The Morgan fingerprint density at radius 3 is 2.67 bits per heavy atom. The Bertz CT molecular complexity index is 1780. The Morgan fingerprint density at radius 2 is 1.93 bits per heavy atom. The Kier molecular flexibility index (Phi) is 6.91. The number of nitro groups is 1. The molecule has 232 valence electrons. The zero-order valence-electron chi connectivity index (χ0n) is 25.7. The van der Waals surface area contributed by atoms with Crippen molar-refractivity contribution in [3.05, 3.63) is 98.1 Å². The molecule has 2 aliphatic carbocycles. The molecule has 7 rings (SSSR count). The summed E-state index contributed by atoms with van der Waals surface area (Å²) in [5.41, 5.74) is 2.80. The van der Waals surface area contributed by atoms with E-state index in [-0.39, 0.29) is 35.6 Å². The first-order valence-corrected chi connectivity index (χ1v) is 15.6. The third-order valence-electron chi connectivity index (χ3n) is 11.0. The van der Waals surface area contributed by atoms with Crippen molar-refractivity contribution in [2.24, 2.45) is 0 Å². The fraction of sp³-hybridized carbons (Fsp3) is 0.417. The van der Waals surface area contributed by atoms with Gasteiger partial charge in [-0.2, -0.15) is 0 Å². The summed E-state index contributed by atoms with van der Waals surface area (Å²) in [6.45, 7) is 5.38. The number of rotatable bonds is 5. The van der Waals surface area contributed by atoms with Gasteiger partial charge in [-0.3, -0.25) is 19.8 Å². The number of phenols is 1. The molecule has 2 heterocycles. The maximum absolute atomic E-state index is 13.5. The van der Waals surface area contributed by atoms with Crippen LogP contribution in [0.4, 0.5) is 5.69 Å². The van der Waals surface area contributed by atoms with Gasteiger partial charge in [0.15, 0.2) is 11.5 Å². The summed E-state index contributed by atoms with van der Waals surface area (Å²) < 4.78 is 6.56. The molecule has 45 heavy (non-hydrogen) atoms. The zero-order valence-corrected chi connectivity index (χ0v) is 25.7. The number of carbonyl (C=O) groups is 1. The molecule has 5 atom stereocenters. The van der Waals surface area contributed by atoms with Crippen LogP contribution in [-0.4, -0.2) is 74.8 Å². The van der Waals surface area contributed by atoms with Gasteiger partial charge in [-0.25, -0.2) is 0 Å². The topological polar surface area (TPSA) is 116 Å². The first kappa shape index (κ1) is 29.3. The van der Waals surface area contributed by atoms with Crippen molar-refractivity contribution in [2.75, 3.05) is 20.1 Å². The van der Waals surface area contributed by atoms with Crippen LogP contribution in [0.15, 0.2) is 54.6 Å². The van der Waals surface area contributed by atoms with Crippen LogP contribution in [0.3, 0.4) is 0 Å². The Balaban J connectivity index is 1.27. The van der Waals surface area contributed by atoms with Gasteiger partial charge in [0.1, 0.15) is 6.10 Å². The van der Waals surface area contributed by atoms with Crippen molar-refractivity contribution in [1.82, 2.24) is 9.80 Å². The number of hydrogen-bond donors (Lipinski definition) is 2. The van der Waals surface area contributed by atoms with E-state index in [1.807, 2.05) is 50.2 Å². The predicted molar refractivity (Wildman–Crippen MR) is 168 cm³/mol. The minimum absolute atomic E-state index is 0.155. The molecule has 2 aliphatic heterocycles. The summed E-state index contributed by atoms with van der Waals surface area (Å²) >= 11 is 0. The Labute approximate surface area is 262 Å². The number of aromatic hydroxyl groups is 1. The lowest BCUT2D eigenvalue weighted by Gasteiger charge is -2.64. The van der Waals surface area contributed by atoms with Crippen LogP contribution in [0.5, 0.6) is 11.5 Å². The van der Waals surface area contributed by atoms with E-state index < -0.39 is 28.1 Å². The third kappa shape index (κ3) is 4.34. The van der Waals surface area contributed by atoms with Crippen LogP contribution in [0.2, 0.25) is 0 Å². The first-order chi connectivity index (χ1) is 21.5. The monoisotopic (exact) mass is 607 g/mol. The number of benzene rings is 3. The van der Waals surface area contributed by atoms with Crippen LogP contribution < -0.4 is 4.74 Å². The lowest BCUT2D eigenvalue weighted by atomic mass is 9.48. The predicted octanol–water partition coefficient (Wildman–Crippen LogP) is 4.19. The number of nitro benzene ring substituents is 1. The number of nitrogens with zero attached hydrogens (tertiary/aromatic N) is 3. The summed E-state index contributed by atoms with van der Waals surface area (Å²) in [6, 6.07) is 16.3. The molecule has 4 aliphatic rings. The Hall–Kier alpha value is -4.39. The fourth-order valence-electron chi connectivity index (χ4n) is 8.60. The molecule has 2 fully saturated rings. The molecule has 2 N–H and O–H groups in total. The highest BCUT2D eigenvalue weighted by atomic mass is 16.6. The highest BCUT2D eigenvalue weighted by Gasteiger charge is 2.74. The molecule has 1 saturated heterocycles. The number of likely N-dealkylation sites (tertiary alicyclic amines) is 1. The number of piperidine rings is 1. The maximum atomic E-state index is 13.5. The van der Waals surface area contributed by atoms with Gasteiger partial charge in [0.05, 0.1) is 28.0 Å². The van der Waals surface area contributed by atoms with E-state index in [0.29, 0.717) is 43.5 Å². The number of amides is 1. The van der Waals surface area contributed by atoms with E-state index in [9.17, 15) is 25.1 Å². The van der Waals surface area contributed by atoms with E-state index in [1.165, 1.54) is 11.6 Å². The summed E-state index contributed by atoms with van der Waals surface area (Å²) in [7, 11) is 1.70. The number of aliphatic hydroxyl groups is 1. The van der Waals surface area contributed by atoms with E-state index >= 15 is 0 Å². The number of hydrogen-bond acceptors (Lipinski definition) is 7. The molecule has 1 amide bonds. The molecular weight excluding hydrogens is 570 g/mol. The van der Waals surface area contributed by atoms with E-state index in [1.54, 1.807) is 11.9 Å². The van der Waals surface area contributed by atoms with Gasteiger partial charge < -0.3 is 19.8 Å². The smallest absolute Gasteiger partial charge is 0.298 e. The van der Waals surface area contributed by atoms with Gasteiger partial charge in [0.2, 0.25) is 0 Å². The second-order valence-electron chi connectivity index (χ2n) is 13.1. The van der Waals surface area contributed by atoms with Crippen molar-refractivity contribution in [3.8, 4) is 23.3 Å². The third-order valence-corrected chi connectivity index (χ3v) is 11.0. The normalized spacial score (nSPS) is 27.5. The SMILES string of the molecule is Cc1ccc(C#CC(=O)N(C)[C@@H]2CC[C@@]3(O)[C@H]4Cc5c([N+](=O)[O-])cc(O)c6c5[C@@]3(CCN4CCc3ccccc3)[C@H]2O6)cc1C. The van der Waals surface area contributed by atoms with Crippen LogP contribution in [0.25, 0.3) is 0 Å². The van der Waals surface area contributed by atoms with E-state index in [2.05, 4.69) is 28.9 Å². The van der Waals surface area contributed by atoms with Gasteiger partial charge in [-0.1, -0.05) is 42.3 Å². The molecule has 9 heteroatoms. The second kappa shape index (κ2) is 10.6. The lowest BCUT2D eigenvalue weighted by Crippen LogP contribution is -2.78. The van der Waals surface area contributed by atoms with E-state index in [4.69, 9.17) is 4.74 Å². The molecule has 9 nitrogen and oxygen atoms in total. The molecule has 3 aromatic rings. The molecule has 3 aromatic carbocycles. The van der Waals surface area contributed by atoms with Crippen molar-refractivity contribution in [3.63, 3.8) is 0 Å². The van der Waals surface area contributed by atoms with E-state index in [0.717, 1.165) is 23.1 Å². The van der Waals surface area contributed by atoms with Gasteiger partial charge >= 0.3 is 0 Å². The number of carbonyl (C=O) groups excluding carboxylic acids is 1. The standard InChI is InChI=1S/C36H37N3O6/c1-22-9-10-25(19-23(22)2)11-12-31(41)37(3)27-13-15-36(42)30-20-26-28(39(43)44)21-29(40)33-32(26)35(36,34(27)45-33)16-18-38(30)17-14-24-7-5-4-6-8-24/h4-10,19,21,27,30,34,40,42H,13-18,20H2,1-3H3/t27-,30-,34+,35+,36-/m1/s1.